The lowest BCUT2D eigenvalue weighted by atomic mass is 10.1. The van der Waals surface area contributed by atoms with Gasteiger partial charge in [0.15, 0.2) is 0 Å². The Hall–Kier alpha value is -2.96. The molecular formula is C12H9N3O4. The summed E-state index contributed by atoms with van der Waals surface area (Å²) in [4.78, 5) is 24.7. The highest BCUT2D eigenvalue weighted by Crippen LogP contribution is 2.23. The number of imidazole rings is 1. The number of hydrogen-bond acceptors (Lipinski definition) is 4. The van der Waals surface area contributed by atoms with Crippen molar-refractivity contribution in [2.45, 2.75) is 0 Å². The number of nitro benzene ring substituents is 1. The van der Waals surface area contributed by atoms with Gasteiger partial charge in [0, 0.05) is 30.2 Å². The van der Waals surface area contributed by atoms with Crippen molar-refractivity contribution in [3.8, 4) is 5.69 Å². The maximum atomic E-state index is 10.9. The number of carboxylic acids is 1. The van der Waals surface area contributed by atoms with Gasteiger partial charge >= 0.3 is 5.97 Å². The van der Waals surface area contributed by atoms with Gasteiger partial charge < -0.3 is 9.67 Å². The van der Waals surface area contributed by atoms with Crippen LogP contribution in [0.3, 0.4) is 0 Å². The average Bonchev–Trinajstić information content (AvgIpc) is 2.89. The van der Waals surface area contributed by atoms with E-state index in [1.165, 1.54) is 18.2 Å². The van der Waals surface area contributed by atoms with Crippen LogP contribution in [0.25, 0.3) is 11.8 Å². The van der Waals surface area contributed by atoms with Gasteiger partial charge in [-0.1, -0.05) is 0 Å². The number of carbonyl (C=O) groups is 1. The maximum Gasteiger partial charge on any atom is 0.328 e. The second-order valence-corrected chi connectivity index (χ2v) is 3.64. The fourth-order valence-electron chi connectivity index (χ4n) is 1.58. The van der Waals surface area contributed by atoms with Gasteiger partial charge in [-0.15, -0.1) is 0 Å². The van der Waals surface area contributed by atoms with Crippen molar-refractivity contribution in [1.82, 2.24) is 9.55 Å². The Labute approximate surface area is 107 Å². The number of aliphatic carboxylic acids is 1. The van der Waals surface area contributed by atoms with E-state index in [-0.39, 0.29) is 11.3 Å². The van der Waals surface area contributed by atoms with Gasteiger partial charge in [0.2, 0.25) is 0 Å². The molecule has 0 fully saturated rings. The quantitative estimate of drug-likeness (QED) is 0.513. The van der Waals surface area contributed by atoms with Crippen LogP contribution in [-0.2, 0) is 4.79 Å². The van der Waals surface area contributed by atoms with E-state index in [1.807, 2.05) is 0 Å². The monoisotopic (exact) mass is 259 g/mol. The molecule has 0 aliphatic carbocycles. The van der Waals surface area contributed by atoms with Crippen molar-refractivity contribution in [2.75, 3.05) is 0 Å². The van der Waals surface area contributed by atoms with E-state index in [2.05, 4.69) is 4.98 Å². The number of nitrogens with zero attached hydrogens (tertiary/aromatic N) is 3. The van der Waals surface area contributed by atoms with Crippen LogP contribution in [0.15, 0.2) is 43.0 Å². The van der Waals surface area contributed by atoms with Crippen LogP contribution < -0.4 is 0 Å². The molecule has 2 aromatic rings. The predicted molar refractivity (Wildman–Crippen MR) is 66.9 cm³/mol. The lowest BCUT2D eigenvalue weighted by molar-refractivity contribution is -0.385. The molecule has 0 unspecified atom stereocenters. The summed E-state index contributed by atoms with van der Waals surface area (Å²) in [5, 5.41) is 19.5. The summed E-state index contributed by atoms with van der Waals surface area (Å²) >= 11 is 0. The lowest BCUT2D eigenvalue weighted by Crippen LogP contribution is -1.96. The Bertz CT molecular complexity index is 647. The average molecular weight is 259 g/mol. The van der Waals surface area contributed by atoms with Gasteiger partial charge in [0.1, 0.15) is 0 Å². The summed E-state index contributed by atoms with van der Waals surface area (Å²) < 4.78 is 1.67. The molecule has 0 amide bonds. The molecule has 0 saturated heterocycles. The van der Waals surface area contributed by atoms with E-state index < -0.39 is 10.9 Å². The first-order chi connectivity index (χ1) is 9.08. The minimum atomic E-state index is -1.16. The molecule has 1 aromatic heterocycles. The smallest absolute Gasteiger partial charge is 0.328 e. The van der Waals surface area contributed by atoms with E-state index >= 15 is 0 Å². The van der Waals surface area contributed by atoms with E-state index in [1.54, 1.807) is 29.4 Å². The highest BCUT2D eigenvalue weighted by atomic mass is 16.6. The zero-order valence-corrected chi connectivity index (χ0v) is 9.63. The Morgan fingerprint density at radius 3 is 2.84 bits per heavy atom. The number of hydrogen-bond donors (Lipinski definition) is 1. The molecule has 0 radical (unpaired) electrons. The highest BCUT2D eigenvalue weighted by molar-refractivity contribution is 5.86. The van der Waals surface area contributed by atoms with E-state index in [0.717, 1.165) is 6.08 Å². The van der Waals surface area contributed by atoms with Crippen molar-refractivity contribution < 1.29 is 14.8 Å². The molecule has 2 rings (SSSR count). The summed E-state index contributed by atoms with van der Waals surface area (Å²) in [6.07, 6.45) is 6.87. The SMILES string of the molecule is O=C(O)/C=C/c1cc(-n2ccnc2)ccc1[N+](=O)[O-]. The lowest BCUT2D eigenvalue weighted by Gasteiger charge is -2.04. The molecule has 0 bridgehead atoms. The molecule has 1 aromatic carbocycles. The third kappa shape index (κ3) is 2.83. The second kappa shape index (κ2) is 5.13. The molecule has 0 aliphatic rings. The standard InChI is InChI=1S/C12H9N3O4/c16-12(17)4-1-9-7-10(14-6-5-13-8-14)2-3-11(9)15(18)19/h1-8H,(H,16,17)/b4-1+. The van der Waals surface area contributed by atoms with Gasteiger partial charge in [0.25, 0.3) is 5.69 Å². The van der Waals surface area contributed by atoms with Crippen LogP contribution in [0, 0.1) is 10.1 Å². The van der Waals surface area contributed by atoms with E-state index in [4.69, 9.17) is 5.11 Å². The second-order valence-electron chi connectivity index (χ2n) is 3.64. The number of rotatable bonds is 4. The van der Waals surface area contributed by atoms with Gasteiger partial charge in [-0.25, -0.2) is 9.78 Å². The number of carboxylic acid groups (broad SMARTS) is 1. The molecule has 0 atom stereocenters. The molecule has 0 saturated carbocycles. The molecule has 7 heteroatoms. The zero-order chi connectivity index (χ0) is 13.8. The Morgan fingerprint density at radius 2 is 2.26 bits per heavy atom. The van der Waals surface area contributed by atoms with Crippen molar-refractivity contribution in [2.24, 2.45) is 0 Å². The Morgan fingerprint density at radius 1 is 1.47 bits per heavy atom. The van der Waals surface area contributed by atoms with Crippen molar-refractivity contribution in [1.29, 1.82) is 0 Å². The third-order valence-corrected chi connectivity index (χ3v) is 2.42. The topological polar surface area (TPSA) is 98.3 Å². The summed E-state index contributed by atoms with van der Waals surface area (Å²) in [5.41, 5.74) is 0.730. The van der Waals surface area contributed by atoms with E-state index in [9.17, 15) is 14.9 Å². The fourth-order valence-corrected chi connectivity index (χ4v) is 1.58. The third-order valence-electron chi connectivity index (χ3n) is 2.42. The van der Waals surface area contributed by atoms with Crippen molar-refractivity contribution >= 4 is 17.7 Å². The summed E-state index contributed by atoms with van der Waals surface area (Å²) in [7, 11) is 0. The number of aromatic nitrogens is 2. The number of nitro groups is 1. The largest absolute Gasteiger partial charge is 0.478 e. The van der Waals surface area contributed by atoms with Gasteiger partial charge in [-0.2, -0.15) is 0 Å². The van der Waals surface area contributed by atoms with Crippen LogP contribution in [-0.4, -0.2) is 25.6 Å². The first-order valence-electron chi connectivity index (χ1n) is 5.25. The first-order valence-corrected chi connectivity index (χ1v) is 5.25. The summed E-state index contributed by atoms with van der Waals surface area (Å²) in [5.74, 6) is -1.16. The molecule has 0 aliphatic heterocycles. The predicted octanol–water partition coefficient (Wildman–Crippen LogP) is 1.88. The highest BCUT2D eigenvalue weighted by Gasteiger charge is 2.12. The fraction of sp³-hybridized carbons (Fsp3) is 0. The molecule has 0 spiro atoms. The van der Waals surface area contributed by atoms with Crippen molar-refractivity contribution in [3.05, 3.63) is 58.7 Å². The van der Waals surface area contributed by atoms with Gasteiger partial charge in [-0.05, 0) is 18.2 Å². The molecule has 1 N–H and O–H groups in total. The van der Waals surface area contributed by atoms with Gasteiger partial charge in [0.05, 0.1) is 16.8 Å². The maximum absolute atomic E-state index is 10.9. The number of benzene rings is 1. The molecule has 19 heavy (non-hydrogen) atoms. The Balaban J connectivity index is 2.50. The minimum Gasteiger partial charge on any atom is -0.478 e. The summed E-state index contributed by atoms with van der Waals surface area (Å²) in [6.45, 7) is 0. The van der Waals surface area contributed by atoms with E-state index in [0.29, 0.717) is 5.69 Å². The molecule has 1 heterocycles. The van der Waals surface area contributed by atoms with Gasteiger partial charge in [-0.3, -0.25) is 10.1 Å². The molecule has 96 valence electrons. The Kier molecular flexibility index (Phi) is 3.37. The van der Waals surface area contributed by atoms with Crippen molar-refractivity contribution in [3.63, 3.8) is 0 Å². The normalized spacial score (nSPS) is 10.7. The van der Waals surface area contributed by atoms with Crippen LogP contribution in [0.4, 0.5) is 5.69 Å². The van der Waals surface area contributed by atoms with Crippen LogP contribution in [0.2, 0.25) is 0 Å². The van der Waals surface area contributed by atoms with Crippen LogP contribution >= 0.6 is 0 Å². The summed E-state index contributed by atoms with van der Waals surface area (Å²) in [6, 6.07) is 4.42. The molecule has 7 nitrogen and oxygen atoms in total. The minimum absolute atomic E-state index is 0.152. The first kappa shape index (κ1) is 12.5. The van der Waals surface area contributed by atoms with Crippen LogP contribution in [0.5, 0.6) is 0 Å². The molecular weight excluding hydrogens is 250 g/mol. The zero-order valence-electron chi connectivity index (χ0n) is 9.63. The van der Waals surface area contributed by atoms with Crippen LogP contribution in [0.1, 0.15) is 5.56 Å².